The van der Waals surface area contributed by atoms with E-state index in [9.17, 15) is 111 Å². The Bertz CT molecular complexity index is 5000. The second-order valence-electron chi connectivity index (χ2n) is 25.4. The first kappa shape index (κ1) is 96.0. The van der Waals surface area contributed by atoms with E-state index >= 15 is 0 Å². The molecule has 4 atom stereocenters. The lowest BCUT2D eigenvalue weighted by molar-refractivity contribution is -0.275. The van der Waals surface area contributed by atoms with Gasteiger partial charge in [-0.05, 0) is 155 Å². The molecule has 0 aliphatic heterocycles. The molecule has 8 rings (SSSR count). The van der Waals surface area contributed by atoms with Crippen LogP contribution < -0.4 is 37.9 Å². The van der Waals surface area contributed by atoms with Gasteiger partial charge < -0.3 is 57.3 Å². The van der Waals surface area contributed by atoms with Crippen LogP contribution in [0.3, 0.4) is 0 Å². The maximum absolute atomic E-state index is 13.4. The highest BCUT2D eigenvalue weighted by molar-refractivity contribution is 9.10. The molecule has 40 heteroatoms. The molecule has 0 saturated heterocycles. The second kappa shape index (κ2) is 40.3. The van der Waals surface area contributed by atoms with Crippen molar-refractivity contribution < 1.29 is 149 Å². The smallest absolute Gasteiger partial charge is 0.484 e. The van der Waals surface area contributed by atoms with Gasteiger partial charge in [-0.2, -0.15) is 13.2 Å². The third kappa shape index (κ3) is 32.2. The maximum Gasteiger partial charge on any atom is 0.573 e. The Kier molecular flexibility index (Phi) is 33.1. The van der Waals surface area contributed by atoms with Crippen molar-refractivity contribution in [3.63, 3.8) is 0 Å². The lowest BCUT2D eigenvalue weighted by Crippen LogP contribution is -2.32. The number of carbonyl (C=O) groups is 4. The molecule has 0 amide bonds. The van der Waals surface area contributed by atoms with Crippen molar-refractivity contribution in [2.24, 2.45) is 0 Å². The molecule has 622 valence electrons. The molecule has 4 unspecified atom stereocenters. The molecule has 0 aromatic heterocycles. The average Bonchev–Trinajstić information content (AvgIpc) is 0.801. The van der Waals surface area contributed by atoms with Gasteiger partial charge >= 0.3 is 31.6 Å². The fourth-order valence-electron chi connectivity index (χ4n) is 9.25. The molecule has 0 aliphatic carbocycles. The summed E-state index contributed by atoms with van der Waals surface area (Å²) in [5.74, 6) is -11.7. The molecule has 0 N–H and O–H groups in total. The number of nitrogens with zero attached hydrogens (tertiary/aromatic N) is 4. The molecular weight excluding hydrogens is 1720 g/mol. The molecule has 0 radical (unpaired) electrons. The van der Waals surface area contributed by atoms with E-state index in [2.05, 4.69) is 54.3 Å². The fraction of sp³-hybridized carbons (Fsp3) is 0.273. The number of Topliss-reactive ketones (excluding diaryl/α,β-unsaturated/α-hetero) is 4. The number of hydrogen-bond donors (Lipinski definition) is 0. The first-order valence-electron chi connectivity index (χ1n) is 32.3. The van der Waals surface area contributed by atoms with Crippen LogP contribution in [-0.2, 0) is 6.18 Å². The van der Waals surface area contributed by atoms with Gasteiger partial charge in [0.1, 0.15) is 63.2 Å². The van der Waals surface area contributed by atoms with E-state index in [1.807, 2.05) is 0 Å². The number of hydrogen-bond acceptors (Lipinski definition) is 12. The monoisotopic (exact) mass is 1770 g/mol. The molecule has 0 bridgehead atoms. The van der Waals surface area contributed by atoms with Crippen molar-refractivity contribution in [3.05, 3.63) is 281 Å². The van der Waals surface area contributed by atoms with Crippen LogP contribution in [0.15, 0.2) is 162 Å². The number of carbonyl (C=O) groups excluding carboxylic acids is 4. The number of rotatable bonds is 28. The Morgan fingerprint density at radius 1 is 0.333 bits per heavy atom. The van der Waals surface area contributed by atoms with E-state index in [0.717, 1.165) is 109 Å². The quantitative estimate of drug-likeness (QED) is 0.0198. The van der Waals surface area contributed by atoms with Crippen LogP contribution >= 0.6 is 39.1 Å². The molecule has 0 fully saturated rings. The van der Waals surface area contributed by atoms with E-state index < -0.39 is 159 Å². The van der Waals surface area contributed by atoms with Gasteiger partial charge in [0.2, 0.25) is 0 Å². The number of ketones is 4. The standard InChI is InChI=1S/C20H13F8NO3.C19H13BrF5NO3.2C19H14ClF4NO3/c1-18(29-2,9-16(30)11-3-5-12(6-4-11)32-20(26,27)28)10-31-17-8-15(22)14(21)7-13(17)19(23,24)25;1-18(26-2,10-28-17-8-15(22)14(21)7-13(17)20)9-16(27)11-3-5-12(6-4-11)29-19(23,24)25;1-18(25-2,11-27-17-8-5-13(21)9-15(17)20)10-16(26)12-3-6-14(7-4-12)28-19(22,23)24;1-18(25-2,11-27-17-9-13(21)5-8-15(17)20)10-16(26)12-3-6-14(7-4-12)28-19(22,23)24/h3-8H,9-10H2,1H3;3-8H,9-10H2,1H3;2*3-9H,10-11H2,1H3. The largest absolute Gasteiger partial charge is 0.573 e. The zero-order valence-electron chi connectivity index (χ0n) is 59.9. The maximum atomic E-state index is 13.4. The van der Waals surface area contributed by atoms with E-state index in [0.29, 0.717) is 0 Å². The minimum absolute atomic E-state index is 0.0268. The van der Waals surface area contributed by atoms with Crippen molar-refractivity contribution in [2.75, 3.05) is 26.4 Å². The number of benzene rings is 8. The summed E-state index contributed by atoms with van der Waals surface area (Å²) in [5.41, 5.74) is -6.95. The van der Waals surface area contributed by atoms with Crippen molar-refractivity contribution in [2.45, 2.75) is 107 Å². The van der Waals surface area contributed by atoms with Gasteiger partial charge in [-0.15, -0.1) is 52.7 Å². The SMILES string of the molecule is [C-]#[N+]C(C)(COc1cc(F)c(F)cc1Br)CC(=O)c1ccc(OC(F)(F)F)cc1.[C-]#[N+]C(C)(COc1cc(F)c(F)cc1C(F)(F)F)CC(=O)c1ccc(OC(F)(F)F)cc1.[C-]#[N+]C(C)(COc1cc(F)ccc1Cl)CC(=O)c1ccc(OC(F)(F)F)cc1.[C-]#[N+]C(C)(COc1ccc(F)cc1Cl)CC(=O)c1ccc(OC(F)(F)F)cc1. The molecule has 0 aliphatic rings. The van der Waals surface area contributed by atoms with E-state index in [4.69, 9.17) is 68.4 Å². The van der Waals surface area contributed by atoms with Gasteiger partial charge in [-0.1, -0.05) is 23.2 Å². The molecule has 8 aromatic rings. The molecule has 0 spiro atoms. The highest BCUT2D eigenvalue weighted by Crippen LogP contribution is 2.40. The molecule has 0 saturated carbocycles. The zero-order chi connectivity index (χ0) is 88.0. The van der Waals surface area contributed by atoms with Gasteiger partial charge in [-0.25, -0.2) is 52.6 Å². The minimum atomic E-state index is -5.07. The summed E-state index contributed by atoms with van der Waals surface area (Å²) in [7, 11) is 0. The predicted octanol–water partition coefficient (Wildman–Crippen LogP) is 23.6. The highest BCUT2D eigenvalue weighted by atomic mass is 79.9. The molecule has 16 nitrogen and oxygen atoms in total. The van der Waals surface area contributed by atoms with Crippen LogP contribution in [0.4, 0.5) is 92.2 Å². The third-order valence-corrected chi connectivity index (χ3v) is 16.4. The summed E-state index contributed by atoms with van der Waals surface area (Å²) in [4.78, 5) is 63.0. The summed E-state index contributed by atoms with van der Waals surface area (Å²) in [6, 6.07) is 25.7. The average molecular weight is 1780 g/mol. The van der Waals surface area contributed by atoms with E-state index in [1.54, 1.807) is 0 Å². The molecular formula is C77H54BrCl2F21N4O12. The third-order valence-electron chi connectivity index (χ3n) is 15.1. The lowest BCUT2D eigenvalue weighted by atomic mass is 9.93. The summed E-state index contributed by atoms with van der Waals surface area (Å²) in [6.07, 6.45) is -25.9. The van der Waals surface area contributed by atoms with Gasteiger partial charge in [0.25, 0.3) is 22.2 Å². The van der Waals surface area contributed by atoms with Crippen molar-refractivity contribution in [1.82, 2.24) is 0 Å². The number of halogens is 24. The van der Waals surface area contributed by atoms with Crippen LogP contribution in [0.2, 0.25) is 10.0 Å². The number of alkyl halides is 15. The Balaban J connectivity index is 0.000000278. The van der Waals surface area contributed by atoms with Crippen molar-refractivity contribution >= 4 is 62.3 Å². The van der Waals surface area contributed by atoms with Crippen molar-refractivity contribution in [3.8, 4) is 46.0 Å². The Hall–Kier alpha value is -11.6. The van der Waals surface area contributed by atoms with E-state index in [-0.39, 0.29) is 105 Å². The summed E-state index contributed by atoms with van der Waals surface area (Å²) in [5, 5.41) is 0.180. The highest BCUT2D eigenvalue weighted by Gasteiger charge is 2.43. The van der Waals surface area contributed by atoms with Gasteiger partial charge in [0.05, 0.1) is 40.2 Å². The Morgan fingerprint density at radius 2 is 0.598 bits per heavy atom. The first-order chi connectivity index (χ1) is 54.1. The Labute approximate surface area is 668 Å². The van der Waals surface area contributed by atoms with Crippen LogP contribution in [0.5, 0.6) is 46.0 Å². The fourth-order valence-corrected chi connectivity index (χ4v) is 10.1. The summed E-state index contributed by atoms with van der Waals surface area (Å²) < 4.78 is 301. The summed E-state index contributed by atoms with van der Waals surface area (Å²) >= 11 is 14.8. The minimum Gasteiger partial charge on any atom is -0.484 e. The van der Waals surface area contributed by atoms with Gasteiger partial charge in [0, 0.05) is 68.1 Å². The zero-order valence-corrected chi connectivity index (χ0v) is 63.0. The van der Waals surface area contributed by atoms with Crippen LogP contribution in [-0.4, -0.2) is 97.2 Å². The topological polar surface area (TPSA) is 160 Å². The number of ether oxygens (including phenoxy) is 8. The van der Waals surface area contributed by atoms with Crippen LogP contribution in [0, 0.1) is 61.2 Å². The van der Waals surface area contributed by atoms with Gasteiger partial charge in [-0.3, -0.25) is 19.2 Å². The van der Waals surface area contributed by atoms with Crippen LogP contribution in [0.1, 0.15) is 100 Å². The van der Waals surface area contributed by atoms with Crippen molar-refractivity contribution in [1.29, 1.82) is 0 Å². The predicted molar refractivity (Wildman–Crippen MR) is 379 cm³/mol. The lowest BCUT2D eigenvalue weighted by Gasteiger charge is -2.20. The molecule has 117 heavy (non-hydrogen) atoms. The molecule has 0 heterocycles. The molecule has 8 aromatic carbocycles. The second-order valence-corrected chi connectivity index (χ2v) is 27.1. The Morgan fingerprint density at radius 3 is 0.897 bits per heavy atom. The first-order valence-corrected chi connectivity index (χ1v) is 33.9. The van der Waals surface area contributed by atoms with Gasteiger partial charge in [0.15, 0.2) is 72.8 Å². The van der Waals surface area contributed by atoms with E-state index in [1.165, 1.54) is 64.1 Å². The van der Waals surface area contributed by atoms with Crippen LogP contribution in [0.25, 0.3) is 19.4 Å². The summed E-state index contributed by atoms with van der Waals surface area (Å²) in [6.45, 7) is 33.4. The normalized spacial score (nSPS) is 13.4.